The fourth-order valence-electron chi connectivity index (χ4n) is 3.68. The van der Waals surface area contributed by atoms with Gasteiger partial charge in [-0.05, 0) is 49.9 Å². The quantitative estimate of drug-likeness (QED) is 0.536. The van der Waals surface area contributed by atoms with Gasteiger partial charge in [0.25, 0.3) is 0 Å². The number of ether oxygens (including phenoxy) is 1. The van der Waals surface area contributed by atoms with Gasteiger partial charge in [-0.2, -0.15) is 0 Å². The fraction of sp³-hybridized carbons (Fsp3) is 0.391. The van der Waals surface area contributed by atoms with Gasteiger partial charge in [0.15, 0.2) is 5.16 Å². The number of amides is 1. The fourth-order valence-corrected chi connectivity index (χ4v) is 4.41. The van der Waals surface area contributed by atoms with E-state index in [9.17, 15) is 4.79 Å². The number of rotatable bonds is 8. The Hall–Kier alpha value is -2.31. The van der Waals surface area contributed by atoms with Crippen LogP contribution in [-0.2, 0) is 16.0 Å². The molecular weight excluding hydrogens is 382 g/mol. The second-order valence-electron chi connectivity index (χ2n) is 7.31. The van der Waals surface area contributed by atoms with Crippen molar-refractivity contribution in [2.45, 2.75) is 45.3 Å². The standard InChI is InChI=1S/C23H29N3O2S/c1-6-18-11-7-10-16(3)22(18)26(17(4)13-28-5)20(27)14-29-23-24-19-12-8-9-15(2)21(19)25-23/h7-12,17H,6,13-14H2,1-5H3,(H,24,25)/t17-/m0/s1. The average Bonchev–Trinajstić information content (AvgIpc) is 3.12. The Morgan fingerprint density at radius 2 is 1.93 bits per heavy atom. The van der Waals surface area contributed by atoms with Gasteiger partial charge in [0, 0.05) is 7.11 Å². The largest absolute Gasteiger partial charge is 0.383 e. The maximum absolute atomic E-state index is 13.3. The Labute approximate surface area is 176 Å². The summed E-state index contributed by atoms with van der Waals surface area (Å²) in [5.41, 5.74) is 6.36. The molecule has 0 fully saturated rings. The predicted octanol–water partition coefficient (Wildman–Crippen LogP) is 4.90. The summed E-state index contributed by atoms with van der Waals surface area (Å²) in [6.45, 7) is 8.73. The number of thioether (sulfide) groups is 1. The topological polar surface area (TPSA) is 58.2 Å². The Balaban J connectivity index is 1.86. The van der Waals surface area contributed by atoms with Crippen LogP contribution in [0, 0.1) is 13.8 Å². The molecule has 0 aliphatic rings. The molecule has 0 saturated carbocycles. The van der Waals surface area contributed by atoms with Gasteiger partial charge in [0.2, 0.25) is 5.91 Å². The molecular formula is C23H29N3O2S. The second-order valence-corrected chi connectivity index (χ2v) is 8.27. The van der Waals surface area contributed by atoms with E-state index in [-0.39, 0.29) is 11.9 Å². The third-order valence-electron chi connectivity index (χ3n) is 5.09. The smallest absolute Gasteiger partial charge is 0.237 e. The summed E-state index contributed by atoms with van der Waals surface area (Å²) in [6.07, 6.45) is 0.872. The van der Waals surface area contributed by atoms with E-state index >= 15 is 0 Å². The molecule has 1 aromatic heterocycles. The number of aromatic nitrogens is 2. The lowest BCUT2D eigenvalue weighted by atomic mass is 10.0. The van der Waals surface area contributed by atoms with Crippen molar-refractivity contribution in [3.05, 3.63) is 53.1 Å². The number of para-hydroxylation sites is 2. The number of hydrogen-bond donors (Lipinski definition) is 1. The minimum Gasteiger partial charge on any atom is -0.383 e. The first kappa shape index (κ1) is 21.4. The maximum Gasteiger partial charge on any atom is 0.237 e. The summed E-state index contributed by atoms with van der Waals surface area (Å²) in [6, 6.07) is 12.2. The predicted molar refractivity (Wildman–Crippen MR) is 121 cm³/mol. The molecule has 0 bridgehead atoms. The monoisotopic (exact) mass is 411 g/mol. The number of anilines is 1. The van der Waals surface area contributed by atoms with Gasteiger partial charge >= 0.3 is 0 Å². The molecule has 3 rings (SSSR count). The van der Waals surface area contributed by atoms with Crippen LogP contribution in [0.15, 0.2) is 41.6 Å². The van der Waals surface area contributed by atoms with E-state index in [0.29, 0.717) is 12.4 Å². The molecule has 0 aliphatic heterocycles. The molecule has 2 aromatic carbocycles. The molecule has 1 atom stereocenters. The van der Waals surface area contributed by atoms with Crippen LogP contribution in [-0.4, -0.2) is 41.4 Å². The number of aryl methyl sites for hydroxylation is 3. The number of carbonyl (C=O) groups is 1. The first-order valence-electron chi connectivity index (χ1n) is 9.93. The number of carbonyl (C=O) groups excluding carboxylic acids is 1. The molecule has 0 spiro atoms. The normalized spacial score (nSPS) is 12.3. The Morgan fingerprint density at radius 1 is 1.21 bits per heavy atom. The molecule has 154 valence electrons. The van der Waals surface area contributed by atoms with Crippen molar-refractivity contribution in [2.24, 2.45) is 0 Å². The zero-order valence-electron chi connectivity index (χ0n) is 17.8. The van der Waals surface area contributed by atoms with E-state index in [1.165, 1.54) is 17.3 Å². The van der Waals surface area contributed by atoms with E-state index in [2.05, 4.69) is 35.9 Å². The third kappa shape index (κ3) is 4.65. The van der Waals surface area contributed by atoms with E-state index in [4.69, 9.17) is 4.74 Å². The van der Waals surface area contributed by atoms with E-state index in [1.54, 1.807) is 7.11 Å². The summed E-state index contributed by atoms with van der Waals surface area (Å²) in [4.78, 5) is 23.2. The second kappa shape index (κ2) is 9.46. The van der Waals surface area contributed by atoms with Crippen LogP contribution in [0.25, 0.3) is 11.0 Å². The molecule has 29 heavy (non-hydrogen) atoms. The van der Waals surface area contributed by atoms with Crippen LogP contribution in [0.1, 0.15) is 30.5 Å². The van der Waals surface area contributed by atoms with E-state index in [0.717, 1.165) is 39.4 Å². The molecule has 0 radical (unpaired) electrons. The molecule has 3 aromatic rings. The average molecular weight is 412 g/mol. The lowest BCUT2D eigenvalue weighted by molar-refractivity contribution is -0.116. The van der Waals surface area contributed by atoms with Gasteiger partial charge in [0.05, 0.1) is 35.1 Å². The van der Waals surface area contributed by atoms with Crippen molar-refractivity contribution in [3.63, 3.8) is 0 Å². The van der Waals surface area contributed by atoms with Crippen LogP contribution in [0.5, 0.6) is 0 Å². The number of H-pyrrole nitrogens is 1. The van der Waals surface area contributed by atoms with Gasteiger partial charge in [0.1, 0.15) is 0 Å². The van der Waals surface area contributed by atoms with Crippen LogP contribution in [0.4, 0.5) is 5.69 Å². The highest BCUT2D eigenvalue weighted by atomic mass is 32.2. The Kier molecular flexibility index (Phi) is 6.98. The van der Waals surface area contributed by atoms with Crippen molar-refractivity contribution in [3.8, 4) is 0 Å². The van der Waals surface area contributed by atoms with Gasteiger partial charge < -0.3 is 14.6 Å². The molecule has 1 N–H and O–H groups in total. The van der Waals surface area contributed by atoms with Crippen molar-refractivity contribution in [1.82, 2.24) is 9.97 Å². The lowest BCUT2D eigenvalue weighted by Gasteiger charge is -2.32. The number of benzene rings is 2. The number of imidazole rings is 1. The van der Waals surface area contributed by atoms with Crippen molar-refractivity contribution in [1.29, 1.82) is 0 Å². The van der Waals surface area contributed by atoms with Gasteiger partial charge in [-0.3, -0.25) is 4.79 Å². The van der Waals surface area contributed by atoms with E-state index in [1.807, 2.05) is 43.0 Å². The molecule has 1 amide bonds. The Morgan fingerprint density at radius 3 is 2.62 bits per heavy atom. The number of nitrogens with zero attached hydrogens (tertiary/aromatic N) is 2. The third-order valence-corrected chi connectivity index (χ3v) is 5.94. The summed E-state index contributed by atoms with van der Waals surface area (Å²) in [7, 11) is 1.67. The number of hydrogen-bond acceptors (Lipinski definition) is 4. The summed E-state index contributed by atoms with van der Waals surface area (Å²) in [5, 5.41) is 0.766. The zero-order chi connectivity index (χ0) is 21.0. The number of fused-ring (bicyclic) bond motifs is 1. The van der Waals surface area contributed by atoms with Crippen LogP contribution >= 0.6 is 11.8 Å². The summed E-state index contributed by atoms with van der Waals surface area (Å²) < 4.78 is 5.37. The molecule has 6 heteroatoms. The van der Waals surface area contributed by atoms with Gasteiger partial charge in [-0.25, -0.2) is 4.98 Å². The van der Waals surface area contributed by atoms with Crippen LogP contribution in [0.2, 0.25) is 0 Å². The summed E-state index contributed by atoms with van der Waals surface area (Å²) >= 11 is 1.44. The van der Waals surface area contributed by atoms with Crippen molar-refractivity contribution < 1.29 is 9.53 Å². The highest BCUT2D eigenvalue weighted by Crippen LogP contribution is 2.29. The van der Waals surface area contributed by atoms with Crippen LogP contribution < -0.4 is 4.90 Å². The van der Waals surface area contributed by atoms with Crippen LogP contribution in [0.3, 0.4) is 0 Å². The number of nitrogens with one attached hydrogen (secondary N) is 1. The molecule has 0 unspecified atom stereocenters. The molecule has 0 aliphatic carbocycles. The maximum atomic E-state index is 13.3. The SMILES string of the molecule is CCc1cccc(C)c1N(C(=O)CSc1nc2c(C)cccc2[nH]1)[C@@H](C)COC. The first-order chi connectivity index (χ1) is 14.0. The van der Waals surface area contributed by atoms with Crippen molar-refractivity contribution in [2.75, 3.05) is 24.4 Å². The summed E-state index contributed by atoms with van der Waals surface area (Å²) in [5.74, 6) is 0.366. The first-order valence-corrected chi connectivity index (χ1v) is 10.9. The molecule has 1 heterocycles. The minimum atomic E-state index is -0.0579. The molecule has 5 nitrogen and oxygen atoms in total. The zero-order valence-corrected chi connectivity index (χ0v) is 18.6. The molecule has 0 saturated heterocycles. The highest BCUT2D eigenvalue weighted by molar-refractivity contribution is 7.99. The van der Waals surface area contributed by atoms with Gasteiger partial charge in [-0.15, -0.1) is 0 Å². The van der Waals surface area contributed by atoms with Crippen molar-refractivity contribution >= 4 is 34.4 Å². The lowest BCUT2D eigenvalue weighted by Crippen LogP contribution is -2.43. The number of aromatic amines is 1. The number of methoxy groups -OCH3 is 1. The minimum absolute atomic E-state index is 0.0562. The Bertz CT molecular complexity index is 999. The van der Waals surface area contributed by atoms with E-state index < -0.39 is 0 Å². The van der Waals surface area contributed by atoms with Gasteiger partial charge in [-0.1, -0.05) is 49.0 Å². The highest BCUT2D eigenvalue weighted by Gasteiger charge is 2.25.